The van der Waals surface area contributed by atoms with Gasteiger partial charge in [0.05, 0.1) is 18.9 Å². The van der Waals surface area contributed by atoms with Gasteiger partial charge in [-0.25, -0.2) is 0 Å². The van der Waals surface area contributed by atoms with Gasteiger partial charge in [-0.3, -0.25) is 4.79 Å². The maximum atomic E-state index is 12.2. The number of hydrogen-bond acceptors (Lipinski definition) is 4. The summed E-state index contributed by atoms with van der Waals surface area (Å²) < 4.78 is 5.23. The third-order valence-corrected chi connectivity index (χ3v) is 2.83. The molecule has 92 valence electrons. The van der Waals surface area contributed by atoms with Gasteiger partial charge in [-0.2, -0.15) is 5.26 Å². The molecule has 1 aliphatic heterocycles. The van der Waals surface area contributed by atoms with Crippen molar-refractivity contribution >= 4 is 17.4 Å². The van der Waals surface area contributed by atoms with Crippen LogP contribution in [0.5, 0.6) is 0 Å². The number of rotatable bonds is 2. The summed E-state index contributed by atoms with van der Waals surface area (Å²) in [5.41, 5.74) is 1.08. The number of Topliss-reactive ketones (excluding diaryl/α,β-unsaturated/α-hetero) is 1. The average Bonchev–Trinajstić information content (AvgIpc) is 2.41. The predicted molar refractivity (Wildman–Crippen MR) is 67.2 cm³/mol. The monoisotopic (exact) mass is 262 g/mol. The molecule has 0 bridgehead atoms. The highest BCUT2D eigenvalue weighted by atomic mass is 35.5. The van der Waals surface area contributed by atoms with Gasteiger partial charge in [0.2, 0.25) is 5.78 Å². The van der Waals surface area contributed by atoms with Crippen LogP contribution in [0.1, 0.15) is 10.4 Å². The number of carbonyl (C=O) groups excluding carboxylic acids is 1. The van der Waals surface area contributed by atoms with Gasteiger partial charge < -0.3 is 10.1 Å². The lowest BCUT2D eigenvalue weighted by Crippen LogP contribution is -2.31. The van der Waals surface area contributed by atoms with Gasteiger partial charge in [0, 0.05) is 17.1 Å². The van der Waals surface area contributed by atoms with Crippen LogP contribution in [0.2, 0.25) is 5.02 Å². The fourth-order valence-electron chi connectivity index (χ4n) is 1.66. The zero-order valence-corrected chi connectivity index (χ0v) is 10.3. The van der Waals surface area contributed by atoms with Crippen molar-refractivity contribution in [3.8, 4) is 6.07 Å². The molecule has 0 radical (unpaired) electrons. The van der Waals surface area contributed by atoms with E-state index in [1.165, 1.54) is 0 Å². The number of benzene rings is 1. The minimum absolute atomic E-state index is 0.0945. The van der Waals surface area contributed by atoms with E-state index < -0.39 is 0 Å². The molecule has 0 saturated carbocycles. The third kappa shape index (κ3) is 2.70. The minimum atomic E-state index is -0.317. The molecule has 0 amide bonds. The largest absolute Gasteiger partial charge is 0.383 e. The number of ether oxygens (including phenoxy) is 1. The summed E-state index contributed by atoms with van der Waals surface area (Å²) in [5.74, 6) is -0.317. The second-order valence-corrected chi connectivity index (χ2v) is 4.22. The van der Waals surface area contributed by atoms with Crippen molar-refractivity contribution in [2.75, 3.05) is 19.8 Å². The summed E-state index contributed by atoms with van der Waals surface area (Å²) in [6.07, 6.45) is 0. The quantitative estimate of drug-likeness (QED) is 0.502. The van der Waals surface area contributed by atoms with E-state index in [-0.39, 0.29) is 18.0 Å². The predicted octanol–water partition coefficient (Wildman–Crippen LogP) is 1.92. The molecule has 0 atom stereocenters. The normalized spacial score (nSPS) is 17.6. The van der Waals surface area contributed by atoms with Crippen LogP contribution in [-0.2, 0) is 4.74 Å². The summed E-state index contributed by atoms with van der Waals surface area (Å²) in [5, 5.41) is 12.7. The zero-order valence-electron chi connectivity index (χ0n) is 9.57. The van der Waals surface area contributed by atoms with Crippen LogP contribution in [0.4, 0.5) is 0 Å². The molecule has 5 heteroatoms. The molecule has 4 nitrogen and oxygen atoms in total. The van der Waals surface area contributed by atoms with E-state index >= 15 is 0 Å². The van der Waals surface area contributed by atoms with Crippen molar-refractivity contribution in [1.82, 2.24) is 5.32 Å². The first kappa shape index (κ1) is 12.6. The van der Waals surface area contributed by atoms with Gasteiger partial charge in [-0.05, 0) is 24.3 Å². The Bertz CT molecular complexity index is 521. The Labute approximate surface area is 110 Å². The Morgan fingerprint density at radius 2 is 2.11 bits per heavy atom. The van der Waals surface area contributed by atoms with Crippen molar-refractivity contribution < 1.29 is 9.53 Å². The Balaban J connectivity index is 2.31. The number of nitriles is 1. The van der Waals surface area contributed by atoms with Crippen LogP contribution in [0, 0.1) is 11.3 Å². The maximum absolute atomic E-state index is 12.2. The van der Waals surface area contributed by atoms with Gasteiger partial charge in [-0.15, -0.1) is 0 Å². The molecule has 1 N–H and O–H groups in total. The Morgan fingerprint density at radius 3 is 2.67 bits per heavy atom. The summed E-state index contributed by atoms with van der Waals surface area (Å²) in [6, 6.07) is 8.39. The van der Waals surface area contributed by atoms with E-state index in [1.54, 1.807) is 24.3 Å². The second-order valence-electron chi connectivity index (χ2n) is 3.78. The van der Waals surface area contributed by atoms with Crippen molar-refractivity contribution in [1.29, 1.82) is 5.26 Å². The van der Waals surface area contributed by atoms with E-state index in [0.29, 0.717) is 29.4 Å². The maximum Gasteiger partial charge on any atom is 0.205 e. The Kier molecular flexibility index (Phi) is 3.98. The lowest BCUT2D eigenvalue weighted by atomic mass is 10.0. The smallest absolute Gasteiger partial charge is 0.205 e. The highest BCUT2D eigenvalue weighted by Gasteiger charge is 2.19. The molecule has 1 heterocycles. The summed E-state index contributed by atoms with van der Waals surface area (Å²) in [6.45, 7) is 1.45. The molecule has 1 aliphatic rings. The summed E-state index contributed by atoms with van der Waals surface area (Å²) >= 11 is 5.76. The fraction of sp³-hybridized carbons (Fsp3) is 0.231. The average molecular weight is 263 g/mol. The molecule has 0 spiro atoms. The first-order chi connectivity index (χ1) is 8.72. The molecule has 1 aromatic carbocycles. The first-order valence-corrected chi connectivity index (χ1v) is 5.85. The number of hydrogen-bond donors (Lipinski definition) is 1. The van der Waals surface area contributed by atoms with Gasteiger partial charge in [-0.1, -0.05) is 11.6 Å². The fourth-order valence-corrected chi connectivity index (χ4v) is 1.79. The van der Waals surface area contributed by atoms with Crippen LogP contribution < -0.4 is 5.32 Å². The molecular weight excluding hydrogens is 252 g/mol. The molecule has 1 saturated heterocycles. The van der Waals surface area contributed by atoms with Gasteiger partial charge in [0.15, 0.2) is 0 Å². The molecular formula is C13H11ClN2O2. The Hall–Kier alpha value is -1.83. The molecule has 0 unspecified atom stereocenters. The van der Waals surface area contributed by atoms with Crippen molar-refractivity contribution in [3.63, 3.8) is 0 Å². The topological polar surface area (TPSA) is 62.1 Å². The SMILES string of the molecule is N#CC(C(=O)c1ccc(Cl)cc1)=C1COCCN1. The number of ketones is 1. The van der Waals surface area contributed by atoms with Crippen LogP contribution in [0.15, 0.2) is 35.5 Å². The van der Waals surface area contributed by atoms with E-state index in [1.807, 2.05) is 6.07 Å². The summed E-state index contributed by atoms with van der Waals surface area (Å²) in [7, 11) is 0. The van der Waals surface area contributed by atoms with E-state index in [0.717, 1.165) is 0 Å². The molecule has 1 aromatic rings. The van der Waals surface area contributed by atoms with E-state index in [4.69, 9.17) is 21.6 Å². The highest BCUT2D eigenvalue weighted by molar-refractivity contribution is 6.30. The van der Waals surface area contributed by atoms with E-state index in [2.05, 4.69) is 5.32 Å². The van der Waals surface area contributed by atoms with Crippen LogP contribution in [0.25, 0.3) is 0 Å². The number of nitrogens with one attached hydrogen (secondary N) is 1. The van der Waals surface area contributed by atoms with Crippen molar-refractivity contribution in [3.05, 3.63) is 46.1 Å². The van der Waals surface area contributed by atoms with E-state index in [9.17, 15) is 4.79 Å². The zero-order chi connectivity index (χ0) is 13.0. The first-order valence-electron chi connectivity index (χ1n) is 5.47. The minimum Gasteiger partial charge on any atom is -0.383 e. The molecule has 2 rings (SSSR count). The van der Waals surface area contributed by atoms with Crippen molar-refractivity contribution in [2.45, 2.75) is 0 Å². The van der Waals surface area contributed by atoms with Gasteiger partial charge in [0.1, 0.15) is 11.6 Å². The molecule has 18 heavy (non-hydrogen) atoms. The van der Waals surface area contributed by atoms with Crippen LogP contribution in [-0.4, -0.2) is 25.5 Å². The number of carbonyl (C=O) groups is 1. The standard InChI is InChI=1S/C13H11ClN2O2/c14-10-3-1-9(2-4-10)13(17)11(7-15)12-8-18-6-5-16-12/h1-4,16H,5-6,8H2. The van der Waals surface area contributed by atoms with Gasteiger partial charge in [0.25, 0.3) is 0 Å². The van der Waals surface area contributed by atoms with Crippen molar-refractivity contribution in [2.24, 2.45) is 0 Å². The highest BCUT2D eigenvalue weighted by Crippen LogP contribution is 2.15. The lowest BCUT2D eigenvalue weighted by Gasteiger charge is -2.18. The number of allylic oxidation sites excluding steroid dienone is 1. The van der Waals surface area contributed by atoms with Crippen LogP contribution >= 0.6 is 11.6 Å². The number of nitrogens with zero attached hydrogens (tertiary/aromatic N) is 1. The van der Waals surface area contributed by atoms with Crippen LogP contribution in [0.3, 0.4) is 0 Å². The molecule has 0 aromatic heterocycles. The van der Waals surface area contributed by atoms with Gasteiger partial charge >= 0.3 is 0 Å². The Morgan fingerprint density at radius 1 is 1.39 bits per heavy atom. The lowest BCUT2D eigenvalue weighted by molar-refractivity contribution is 0.102. The summed E-state index contributed by atoms with van der Waals surface area (Å²) in [4.78, 5) is 12.2. The molecule has 0 aliphatic carbocycles. The third-order valence-electron chi connectivity index (χ3n) is 2.58. The number of morpholine rings is 1. The number of halogens is 1. The molecule has 1 fully saturated rings. The second kappa shape index (κ2) is 5.67.